The molecule has 0 bridgehead atoms. The van der Waals surface area contributed by atoms with Gasteiger partial charge in [-0.05, 0) is 145 Å². The maximum atomic E-state index is 2.43. The topological polar surface area (TPSA) is 3.24 Å². The van der Waals surface area contributed by atoms with Crippen molar-refractivity contribution in [2.75, 3.05) is 4.90 Å². The lowest BCUT2D eigenvalue weighted by atomic mass is 9.78. The van der Waals surface area contributed by atoms with Gasteiger partial charge in [-0.15, -0.1) is 11.3 Å². The molecule has 0 radical (unpaired) electrons. The summed E-state index contributed by atoms with van der Waals surface area (Å²) in [6, 6.07) is 87.0. The average Bonchev–Trinajstić information content (AvgIpc) is 3.86. The maximum Gasteiger partial charge on any atom is 0.0467 e. The Hall–Kier alpha value is -7.78. The first kappa shape index (κ1) is 38.9. The molecule has 1 nitrogen and oxygen atoms in total. The Balaban J connectivity index is 0.931. The molecule has 0 fully saturated rings. The molecule has 1 aromatic heterocycles. The van der Waals surface area contributed by atoms with Crippen LogP contribution in [0.25, 0.3) is 86.9 Å². The molecule has 1 aliphatic rings. The summed E-state index contributed by atoms with van der Waals surface area (Å²) in [4.78, 5) is 2.38. The second-order valence-corrected chi connectivity index (χ2v) is 18.8. The summed E-state index contributed by atoms with van der Waals surface area (Å²) in [6.45, 7) is 4.78. The lowest BCUT2D eigenvalue weighted by molar-refractivity contribution is 0.662. The molecular weight excluding hydrogens is 803 g/mol. The number of thiophene rings is 1. The number of hydrogen-bond acceptors (Lipinski definition) is 2. The standard InChI is InChI=1S/C63H45NS/c1-63(2)59-36-30-48(38-57(59)58-40-50(43-17-8-4-9-18-43)39-56(62(58)63)46-19-10-5-11-20-46)44-25-31-51(32-26-44)64(53-22-14-21-47(37-53)42-15-6-3-7-16-42)52-33-27-45(28-34-52)49-29-35-55-54-23-12-13-24-60(54)65-61(55)41-49/h3-41H,1-2H3. The molecular formula is C63H45NS. The van der Waals surface area contributed by atoms with Crippen LogP contribution in [-0.4, -0.2) is 0 Å². The Morgan fingerprint density at radius 1 is 0.308 bits per heavy atom. The number of fused-ring (bicyclic) bond motifs is 6. The molecule has 1 heterocycles. The third-order valence-electron chi connectivity index (χ3n) is 13.4. The first-order valence-corrected chi connectivity index (χ1v) is 23.3. The van der Waals surface area contributed by atoms with Crippen molar-refractivity contribution in [2.45, 2.75) is 19.3 Å². The van der Waals surface area contributed by atoms with Gasteiger partial charge in [0.05, 0.1) is 0 Å². The molecule has 12 rings (SSSR count). The van der Waals surface area contributed by atoms with Gasteiger partial charge in [-0.2, -0.15) is 0 Å². The summed E-state index contributed by atoms with van der Waals surface area (Å²) in [5, 5.41) is 2.65. The van der Waals surface area contributed by atoms with Gasteiger partial charge in [0.1, 0.15) is 0 Å². The van der Waals surface area contributed by atoms with Gasteiger partial charge in [0.15, 0.2) is 0 Å². The summed E-state index contributed by atoms with van der Waals surface area (Å²) in [5.74, 6) is 0. The normalized spacial score (nSPS) is 12.6. The average molecular weight is 848 g/mol. The van der Waals surface area contributed by atoms with Crippen molar-refractivity contribution in [2.24, 2.45) is 0 Å². The van der Waals surface area contributed by atoms with Crippen molar-refractivity contribution in [1.82, 2.24) is 0 Å². The molecule has 0 spiro atoms. The quantitative estimate of drug-likeness (QED) is 0.147. The van der Waals surface area contributed by atoms with E-state index >= 15 is 0 Å². The minimum Gasteiger partial charge on any atom is -0.310 e. The van der Waals surface area contributed by atoms with Crippen LogP contribution >= 0.6 is 11.3 Å². The summed E-state index contributed by atoms with van der Waals surface area (Å²) in [7, 11) is 0. The van der Waals surface area contributed by atoms with Crippen LogP contribution in [0.3, 0.4) is 0 Å². The van der Waals surface area contributed by atoms with Crippen LogP contribution in [0.4, 0.5) is 17.1 Å². The number of benzene rings is 10. The zero-order chi connectivity index (χ0) is 43.5. The number of rotatable bonds is 8. The van der Waals surface area contributed by atoms with Gasteiger partial charge in [0, 0.05) is 42.6 Å². The lowest BCUT2D eigenvalue weighted by Gasteiger charge is -2.26. The Morgan fingerprint density at radius 3 is 1.46 bits per heavy atom. The van der Waals surface area contributed by atoms with Gasteiger partial charge in [-0.25, -0.2) is 0 Å². The van der Waals surface area contributed by atoms with Gasteiger partial charge in [-0.1, -0.05) is 184 Å². The van der Waals surface area contributed by atoms with Gasteiger partial charge in [0.25, 0.3) is 0 Å². The fraction of sp³-hybridized carbons (Fsp3) is 0.0476. The molecule has 1 aliphatic carbocycles. The molecule has 10 aromatic carbocycles. The minimum atomic E-state index is -0.164. The van der Waals surface area contributed by atoms with Crippen molar-refractivity contribution in [1.29, 1.82) is 0 Å². The first-order valence-electron chi connectivity index (χ1n) is 22.5. The van der Waals surface area contributed by atoms with E-state index in [1.54, 1.807) is 0 Å². The Bertz CT molecular complexity index is 3530. The summed E-state index contributed by atoms with van der Waals surface area (Å²) in [6.07, 6.45) is 0. The molecule has 11 aromatic rings. The predicted molar refractivity (Wildman–Crippen MR) is 279 cm³/mol. The molecule has 0 amide bonds. The zero-order valence-corrected chi connectivity index (χ0v) is 37.2. The van der Waals surface area contributed by atoms with Gasteiger partial charge in [-0.3, -0.25) is 0 Å². The summed E-state index contributed by atoms with van der Waals surface area (Å²) < 4.78 is 2.65. The summed E-state index contributed by atoms with van der Waals surface area (Å²) in [5.41, 5.74) is 20.8. The molecule has 0 N–H and O–H groups in total. The smallest absolute Gasteiger partial charge is 0.0467 e. The predicted octanol–water partition coefficient (Wildman–Crippen LogP) is 18.2. The van der Waals surface area contributed by atoms with Crippen molar-refractivity contribution in [3.05, 3.63) is 248 Å². The second kappa shape index (κ2) is 15.8. The highest BCUT2D eigenvalue weighted by molar-refractivity contribution is 7.25. The molecule has 0 aliphatic heterocycles. The van der Waals surface area contributed by atoms with E-state index in [-0.39, 0.29) is 5.41 Å². The van der Waals surface area contributed by atoms with Gasteiger partial charge in [0.2, 0.25) is 0 Å². The van der Waals surface area contributed by atoms with Crippen LogP contribution in [0.1, 0.15) is 25.0 Å². The van der Waals surface area contributed by atoms with Crippen LogP contribution in [0.2, 0.25) is 0 Å². The fourth-order valence-corrected chi connectivity index (χ4v) is 11.4. The van der Waals surface area contributed by atoms with Crippen molar-refractivity contribution in [3.63, 3.8) is 0 Å². The van der Waals surface area contributed by atoms with Crippen molar-refractivity contribution >= 4 is 48.6 Å². The third kappa shape index (κ3) is 6.86. The zero-order valence-electron chi connectivity index (χ0n) is 36.4. The molecule has 2 heteroatoms. The van der Waals surface area contributed by atoms with E-state index in [0.29, 0.717) is 0 Å². The molecule has 0 unspecified atom stereocenters. The van der Waals surface area contributed by atoms with E-state index in [1.165, 1.54) is 98.1 Å². The highest BCUT2D eigenvalue weighted by Crippen LogP contribution is 2.54. The summed E-state index contributed by atoms with van der Waals surface area (Å²) >= 11 is 1.87. The Morgan fingerprint density at radius 2 is 0.785 bits per heavy atom. The van der Waals surface area contributed by atoms with Crippen LogP contribution < -0.4 is 4.90 Å². The van der Waals surface area contributed by atoms with Crippen molar-refractivity contribution < 1.29 is 0 Å². The highest BCUT2D eigenvalue weighted by atomic mass is 32.1. The van der Waals surface area contributed by atoms with Gasteiger partial charge >= 0.3 is 0 Å². The number of hydrogen-bond donors (Lipinski definition) is 0. The Labute approximate surface area is 385 Å². The van der Waals surface area contributed by atoms with E-state index in [4.69, 9.17) is 0 Å². The van der Waals surface area contributed by atoms with Crippen LogP contribution in [0.15, 0.2) is 237 Å². The molecule has 0 saturated carbocycles. The molecule has 308 valence electrons. The van der Waals surface area contributed by atoms with E-state index in [1.807, 2.05) is 11.3 Å². The monoisotopic (exact) mass is 847 g/mol. The van der Waals surface area contributed by atoms with Crippen molar-refractivity contribution in [3.8, 4) is 66.8 Å². The largest absolute Gasteiger partial charge is 0.310 e. The fourth-order valence-electron chi connectivity index (χ4n) is 10.2. The highest BCUT2D eigenvalue weighted by Gasteiger charge is 2.38. The minimum absolute atomic E-state index is 0.164. The van der Waals surface area contributed by atoms with Crippen LogP contribution in [-0.2, 0) is 5.41 Å². The SMILES string of the molecule is CC1(C)c2ccc(-c3ccc(N(c4ccc(-c5ccc6c(c5)sc5ccccc56)cc4)c4cccc(-c5ccccc5)c4)cc3)cc2-c2cc(-c3ccccc3)cc(-c3ccccc3)c21. The number of anilines is 3. The molecule has 0 saturated heterocycles. The van der Waals surface area contributed by atoms with E-state index in [9.17, 15) is 0 Å². The van der Waals surface area contributed by atoms with Crippen LogP contribution in [0.5, 0.6) is 0 Å². The Kier molecular flexibility index (Phi) is 9.44. The molecule has 0 atom stereocenters. The molecule has 65 heavy (non-hydrogen) atoms. The van der Waals surface area contributed by atoms with E-state index in [0.717, 1.165) is 17.1 Å². The van der Waals surface area contributed by atoms with E-state index < -0.39 is 0 Å². The van der Waals surface area contributed by atoms with Gasteiger partial charge < -0.3 is 4.90 Å². The second-order valence-electron chi connectivity index (χ2n) is 17.7. The maximum absolute atomic E-state index is 2.43. The lowest BCUT2D eigenvalue weighted by Crippen LogP contribution is -2.16. The van der Waals surface area contributed by atoms with Crippen LogP contribution in [0, 0.1) is 0 Å². The first-order chi connectivity index (χ1) is 32.0. The van der Waals surface area contributed by atoms with E-state index in [2.05, 4.69) is 255 Å². The number of nitrogens with zero attached hydrogens (tertiary/aromatic N) is 1. The third-order valence-corrected chi connectivity index (χ3v) is 14.6.